The second-order valence-corrected chi connectivity index (χ2v) is 4.44. The average molecular weight is 245 g/mol. The van der Waals surface area contributed by atoms with Crippen LogP contribution in [-0.4, -0.2) is 16.7 Å². The summed E-state index contributed by atoms with van der Waals surface area (Å²) < 4.78 is 0. The van der Waals surface area contributed by atoms with Crippen LogP contribution in [0, 0.1) is 0 Å². The number of carbonyl (C=O) groups is 2. The number of benzene rings is 1. The Hall–Kier alpha value is -2.10. The van der Waals surface area contributed by atoms with E-state index in [-0.39, 0.29) is 29.3 Å². The summed E-state index contributed by atoms with van der Waals surface area (Å²) in [5, 5.41) is 9.94. The predicted octanol–water partition coefficient (Wildman–Crippen LogP) is 1.95. The number of hydrogen-bond acceptors (Lipinski definition) is 4. The van der Waals surface area contributed by atoms with Crippen LogP contribution in [0.15, 0.2) is 35.6 Å². The number of aliphatic hydroxyl groups is 1. The Bertz CT molecular complexity index is 496. The minimum atomic E-state index is -0.251. The van der Waals surface area contributed by atoms with Gasteiger partial charge in [0.2, 0.25) is 0 Å². The second-order valence-electron chi connectivity index (χ2n) is 4.44. The van der Waals surface area contributed by atoms with Crippen molar-refractivity contribution in [2.24, 2.45) is 0 Å². The maximum Gasteiger partial charge on any atom is 0.169 e. The molecule has 4 nitrogen and oxygen atoms in total. The Morgan fingerprint density at radius 2 is 1.67 bits per heavy atom. The van der Waals surface area contributed by atoms with Crippen LogP contribution in [-0.2, 0) is 16.0 Å². The molecule has 0 unspecified atom stereocenters. The number of carbonyl (C=O) groups excluding carboxylic acids is 2. The second kappa shape index (κ2) is 5.04. The third-order valence-electron chi connectivity index (χ3n) is 3.01. The lowest BCUT2D eigenvalue weighted by Gasteiger charge is -2.13. The van der Waals surface area contributed by atoms with E-state index in [4.69, 9.17) is 5.73 Å². The highest BCUT2D eigenvalue weighted by Crippen LogP contribution is 2.21. The Balaban J connectivity index is 2.24. The van der Waals surface area contributed by atoms with Crippen molar-refractivity contribution in [1.29, 1.82) is 0 Å². The first-order chi connectivity index (χ1) is 8.58. The SMILES string of the molecule is Nc1ccc(CC(O)=C2C(=O)CCCC2=O)cc1. The molecule has 1 saturated carbocycles. The zero-order valence-electron chi connectivity index (χ0n) is 9.98. The molecule has 0 atom stereocenters. The largest absolute Gasteiger partial charge is 0.511 e. The molecule has 4 heteroatoms. The summed E-state index contributed by atoms with van der Waals surface area (Å²) >= 11 is 0. The van der Waals surface area contributed by atoms with Crippen LogP contribution in [0.25, 0.3) is 0 Å². The van der Waals surface area contributed by atoms with Gasteiger partial charge in [-0.05, 0) is 24.1 Å². The first kappa shape index (κ1) is 12.4. The highest BCUT2D eigenvalue weighted by Gasteiger charge is 2.26. The topological polar surface area (TPSA) is 80.4 Å². The summed E-state index contributed by atoms with van der Waals surface area (Å²) in [6.45, 7) is 0. The zero-order valence-corrected chi connectivity index (χ0v) is 9.98. The Labute approximate surface area is 105 Å². The molecule has 0 bridgehead atoms. The minimum Gasteiger partial charge on any atom is -0.511 e. The van der Waals surface area contributed by atoms with Crippen LogP contribution in [0.5, 0.6) is 0 Å². The van der Waals surface area contributed by atoms with Crippen LogP contribution in [0.1, 0.15) is 24.8 Å². The van der Waals surface area contributed by atoms with Crippen LogP contribution in [0.2, 0.25) is 0 Å². The van der Waals surface area contributed by atoms with E-state index in [0.717, 1.165) is 5.56 Å². The summed E-state index contributed by atoms with van der Waals surface area (Å²) in [6.07, 6.45) is 1.45. The molecule has 3 N–H and O–H groups in total. The summed E-state index contributed by atoms with van der Waals surface area (Å²) in [5.41, 5.74) is 7.00. The van der Waals surface area contributed by atoms with Crippen molar-refractivity contribution in [3.8, 4) is 0 Å². The molecule has 0 spiro atoms. The maximum atomic E-state index is 11.6. The van der Waals surface area contributed by atoms with Crippen LogP contribution in [0.4, 0.5) is 5.69 Å². The van der Waals surface area contributed by atoms with E-state index in [2.05, 4.69) is 0 Å². The fourth-order valence-electron chi connectivity index (χ4n) is 2.05. The highest BCUT2D eigenvalue weighted by atomic mass is 16.3. The first-order valence-electron chi connectivity index (χ1n) is 5.91. The van der Waals surface area contributed by atoms with Gasteiger partial charge >= 0.3 is 0 Å². The van der Waals surface area contributed by atoms with E-state index in [9.17, 15) is 14.7 Å². The van der Waals surface area contributed by atoms with Crippen molar-refractivity contribution < 1.29 is 14.7 Å². The Morgan fingerprint density at radius 3 is 2.22 bits per heavy atom. The third kappa shape index (κ3) is 2.59. The zero-order chi connectivity index (χ0) is 13.1. The number of Topliss-reactive ketones (excluding diaryl/α,β-unsaturated/α-hetero) is 2. The minimum absolute atomic E-state index is 0.0157. The Kier molecular flexibility index (Phi) is 3.46. The quantitative estimate of drug-likeness (QED) is 0.361. The van der Waals surface area contributed by atoms with Crippen LogP contribution in [0.3, 0.4) is 0 Å². The van der Waals surface area contributed by atoms with Gasteiger partial charge in [0.15, 0.2) is 11.6 Å². The number of anilines is 1. The number of ketones is 2. The number of hydrogen-bond donors (Lipinski definition) is 2. The van der Waals surface area contributed by atoms with Gasteiger partial charge in [-0.2, -0.15) is 0 Å². The van der Waals surface area contributed by atoms with Gasteiger partial charge in [-0.3, -0.25) is 9.59 Å². The fraction of sp³-hybridized carbons (Fsp3) is 0.286. The van der Waals surface area contributed by atoms with Gasteiger partial charge in [0, 0.05) is 24.9 Å². The molecule has 94 valence electrons. The normalized spacial score (nSPS) is 15.9. The molecule has 0 radical (unpaired) electrons. The molecule has 0 aliphatic heterocycles. The van der Waals surface area contributed by atoms with Crippen LogP contribution >= 0.6 is 0 Å². The van der Waals surface area contributed by atoms with E-state index >= 15 is 0 Å². The van der Waals surface area contributed by atoms with E-state index in [1.807, 2.05) is 0 Å². The van der Waals surface area contributed by atoms with E-state index in [1.54, 1.807) is 24.3 Å². The summed E-state index contributed by atoms with van der Waals surface area (Å²) in [6, 6.07) is 6.98. The number of aliphatic hydroxyl groups excluding tert-OH is 1. The molecule has 0 aromatic heterocycles. The lowest BCUT2D eigenvalue weighted by Crippen LogP contribution is -2.21. The van der Waals surface area contributed by atoms with Crippen LogP contribution < -0.4 is 5.73 Å². The summed E-state index contributed by atoms with van der Waals surface area (Å²) in [7, 11) is 0. The van der Waals surface area contributed by atoms with E-state index < -0.39 is 0 Å². The van der Waals surface area contributed by atoms with Gasteiger partial charge in [0.05, 0.1) is 5.57 Å². The molecule has 0 amide bonds. The third-order valence-corrected chi connectivity index (χ3v) is 3.01. The van der Waals surface area contributed by atoms with Crippen molar-refractivity contribution >= 4 is 17.3 Å². The van der Waals surface area contributed by atoms with Gasteiger partial charge in [0.1, 0.15) is 5.76 Å². The van der Waals surface area contributed by atoms with Gasteiger partial charge in [-0.15, -0.1) is 0 Å². The molecular weight excluding hydrogens is 230 g/mol. The summed E-state index contributed by atoms with van der Waals surface area (Å²) in [4.78, 5) is 23.3. The fourth-order valence-corrected chi connectivity index (χ4v) is 2.05. The summed E-state index contributed by atoms with van der Waals surface area (Å²) in [5.74, 6) is -0.632. The monoisotopic (exact) mass is 245 g/mol. The number of nitrogens with two attached hydrogens (primary N) is 1. The lowest BCUT2D eigenvalue weighted by molar-refractivity contribution is -0.124. The average Bonchev–Trinajstić information content (AvgIpc) is 2.32. The van der Waals surface area contributed by atoms with Crippen molar-refractivity contribution in [1.82, 2.24) is 0 Å². The molecule has 1 fully saturated rings. The maximum absolute atomic E-state index is 11.6. The Morgan fingerprint density at radius 1 is 1.11 bits per heavy atom. The standard InChI is InChI=1S/C14H15NO3/c15-10-6-4-9(5-7-10)8-13(18)14-11(16)2-1-3-12(14)17/h4-7,18H,1-3,8,15H2. The van der Waals surface area contributed by atoms with E-state index in [1.165, 1.54) is 0 Å². The molecule has 1 aliphatic rings. The van der Waals surface area contributed by atoms with Crippen molar-refractivity contribution in [3.05, 3.63) is 41.2 Å². The first-order valence-corrected chi connectivity index (χ1v) is 5.91. The van der Waals surface area contributed by atoms with Crippen molar-refractivity contribution in [2.45, 2.75) is 25.7 Å². The van der Waals surface area contributed by atoms with Gasteiger partial charge in [-0.25, -0.2) is 0 Å². The smallest absolute Gasteiger partial charge is 0.169 e. The molecule has 1 aromatic carbocycles. The molecule has 2 rings (SSSR count). The van der Waals surface area contributed by atoms with Gasteiger partial charge in [-0.1, -0.05) is 12.1 Å². The number of nitrogen functional groups attached to an aromatic ring is 1. The van der Waals surface area contributed by atoms with Gasteiger partial charge < -0.3 is 10.8 Å². The molecule has 18 heavy (non-hydrogen) atoms. The molecule has 1 aliphatic carbocycles. The molecule has 0 heterocycles. The number of allylic oxidation sites excluding steroid dienone is 2. The molecule has 0 saturated heterocycles. The van der Waals surface area contributed by atoms with E-state index in [0.29, 0.717) is 24.9 Å². The predicted molar refractivity (Wildman–Crippen MR) is 68.1 cm³/mol. The lowest BCUT2D eigenvalue weighted by atomic mass is 9.90. The molecular formula is C14H15NO3. The van der Waals surface area contributed by atoms with Gasteiger partial charge in [0.25, 0.3) is 0 Å². The number of rotatable bonds is 2. The highest BCUT2D eigenvalue weighted by molar-refractivity contribution is 6.22. The van der Waals surface area contributed by atoms with Crippen molar-refractivity contribution in [3.63, 3.8) is 0 Å². The van der Waals surface area contributed by atoms with Crippen molar-refractivity contribution in [2.75, 3.05) is 5.73 Å². The molecule has 1 aromatic rings.